The highest BCUT2D eigenvalue weighted by Gasteiger charge is 2.25. The van der Waals surface area contributed by atoms with Gasteiger partial charge in [-0.15, -0.1) is 0 Å². The molecule has 0 rings (SSSR count). The molecule has 0 aromatic carbocycles. The third kappa shape index (κ3) is 3.95. The van der Waals surface area contributed by atoms with Crippen molar-refractivity contribution in [1.82, 2.24) is 10.2 Å². The maximum absolute atomic E-state index is 9.30. The molecule has 0 heterocycles. The van der Waals surface area contributed by atoms with E-state index < -0.39 is 0 Å². The van der Waals surface area contributed by atoms with Gasteiger partial charge in [0.05, 0.1) is 12.1 Å². The molecule has 2 N–H and O–H groups in total. The molecule has 86 valence electrons. The highest BCUT2D eigenvalue weighted by atomic mass is 16.3. The molecule has 3 nitrogen and oxygen atoms in total. The number of aliphatic hydroxyl groups excluding tert-OH is 1. The van der Waals surface area contributed by atoms with Gasteiger partial charge in [-0.3, -0.25) is 4.90 Å². The number of nitrogens with zero attached hydrogens (tertiary/aromatic N) is 1. The van der Waals surface area contributed by atoms with E-state index in [0.29, 0.717) is 6.04 Å². The first kappa shape index (κ1) is 13.9. The lowest BCUT2D eigenvalue weighted by atomic mass is 10.0. The topological polar surface area (TPSA) is 35.5 Å². The Labute approximate surface area is 88.5 Å². The summed E-state index contributed by atoms with van der Waals surface area (Å²) in [5.41, 5.74) is -0.181. The maximum atomic E-state index is 9.30. The van der Waals surface area contributed by atoms with Gasteiger partial charge in [0, 0.05) is 12.6 Å². The van der Waals surface area contributed by atoms with Crippen molar-refractivity contribution < 1.29 is 5.11 Å². The largest absolute Gasteiger partial charge is 0.394 e. The minimum Gasteiger partial charge on any atom is -0.394 e. The molecule has 2 unspecified atom stereocenters. The van der Waals surface area contributed by atoms with Gasteiger partial charge in [0.2, 0.25) is 0 Å². The highest BCUT2D eigenvalue weighted by Crippen LogP contribution is 2.10. The first-order chi connectivity index (χ1) is 6.52. The van der Waals surface area contributed by atoms with Crippen molar-refractivity contribution in [3.8, 4) is 0 Å². The molecule has 0 spiro atoms. The van der Waals surface area contributed by atoms with Gasteiger partial charge in [-0.25, -0.2) is 0 Å². The van der Waals surface area contributed by atoms with E-state index in [4.69, 9.17) is 0 Å². The highest BCUT2D eigenvalue weighted by molar-refractivity contribution is 4.85. The third-order valence-corrected chi connectivity index (χ3v) is 3.12. The van der Waals surface area contributed by atoms with Crippen LogP contribution in [-0.4, -0.2) is 48.3 Å². The Morgan fingerprint density at radius 1 is 1.43 bits per heavy atom. The number of hydrogen-bond donors (Lipinski definition) is 2. The number of nitrogens with one attached hydrogen (secondary N) is 1. The second-order valence-electron chi connectivity index (χ2n) is 4.29. The number of hydrogen-bond acceptors (Lipinski definition) is 3. The second-order valence-corrected chi connectivity index (χ2v) is 4.29. The van der Waals surface area contributed by atoms with Gasteiger partial charge in [0.25, 0.3) is 0 Å². The predicted octanol–water partition coefficient (Wildman–Crippen LogP) is 1.08. The van der Waals surface area contributed by atoms with Gasteiger partial charge in [-0.2, -0.15) is 0 Å². The van der Waals surface area contributed by atoms with Crippen LogP contribution in [0.25, 0.3) is 0 Å². The quantitative estimate of drug-likeness (QED) is 0.648. The monoisotopic (exact) mass is 202 g/mol. The summed E-state index contributed by atoms with van der Waals surface area (Å²) in [6, 6.07) is 0.583. The van der Waals surface area contributed by atoms with Crippen LogP contribution < -0.4 is 5.32 Å². The summed E-state index contributed by atoms with van der Waals surface area (Å²) in [5, 5.41) is 12.5. The third-order valence-electron chi connectivity index (χ3n) is 3.12. The van der Waals surface area contributed by atoms with Crippen molar-refractivity contribution in [3.05, 3.63) is 0 Å². The molecule has 0 saturated heterocycles. The summed E-state index contributed by atoms with van der Waals surface area (Å²) in [4.78, 5) is 2.40. The standard InChI is InChI=1S/C11H26N2O/c1-6-10(3)13(7-2)8-11(4,9-14)12-5/h10,12,14H,6-9H2,1-5H3. The lowest BCUT2D eigenvalue weighted by Crippen LogP contribution is -2.54. The van der Waals surface area contributed by atoms with E-state index in [0.717, 1.165) is 19.5 Å². The summed E-state index contributed by atoms with van der Waals surface area (Å²) in [6.45, 7) is 10.8. The summed E-state index contributed by atoms with van der Waals surface area (Å²) in [7, 11) is 1.90. The molecule has 0 fully saturated rings. The minimum atomic E-state index is -0.181. The first-order valence-electron chi connectivity index (χ1n) is 5.56. The van der Waals surface area contributed by atoms with Crippen molar-refractivity contribution in [2.75, 3.05) is 26.7 Å². The van der Waals surface area contributed by atoms with Crippen LogP contribution in [0.1, 0.15) is 34.1 Å². The molecule has 3 heteroatoms. The Balaban J connectivity index is 4.28. The summed E-state index contributed by atoms with van der Waals surface area (Å²) in [6.07, 6.45) is 1.15. The van der Waals surface area contributed by atoms with Crippen molar-refractivity contribution in [1.29, 1.82) is 0 Å². The van der Waals surface area contributed by atoms with Crippen molar-refractivity contribution >= 4 is 0 Å². The average molecular weight is 202 g/mol. The summed E-state index contributed by atoms with van der Waals surface area (Å²) < 4.78 is 0. The Morgan fingerprint density at radius 2 is 2.00 bits per heavy atom. The van der Waals surface area contributed by atoms with Crippen LogP contribution in [0, 0.1) is 0 Å². The Hall–Kier alpha value is -0.120. The van der Waals surface area contributed by atoms with Crippen LogP contribution in [0.15, 0.2) is 0 Å². The molecule has 0 aliphatic rings. The molecule has 0 radical (unpaired) electrons. The van der Waals surface area contributed by atoms with Crippen LogP contribution in [0.3, 0.4) is 0 Å². The zero-order chi connectivity index (χ0) is 11.2. The van der Waals surface area contributed by atoms with Crippen LogP contribution in [0.5, 0.6) is 0 Å². The van der Waals surface area contributed by atoms with E-state index in [1.54, 1.807) is 0 Å². The van der Waals surface area contributed by atoms with Crippen molar-refractivity contribution in [2.24, 2.45) is 0 Å². The van der Waals surface area contributed by atoms with Gasteiger partial charge in [-0.05, 0) is 33.9 Å². The predicted molar refractivity (Wildman–Crippen MR) is 61.6 cm³/mol. The number of rotatable bonds is 7. The molecule has 0 aromatic heterocycles. The van der Waals surface area contributed by atoms with Gasteiger partial charge in [0.15, 0.2) is 0 Å². The number of likely N-dealkylation sites (N-methyl/N-ethyl adjacent to an activating group) is 2. The summed E-state index contributed by atoms with van der Waals surface area (Å²) in [5.74, 6) is 0. The van der Waals surface area contributed by atoms with Gasteiger partial charge in [0.1, 0.15) is 0 Å². The summed E-state index contributed by atoms with van der Waals surface area (Å²) >= 11 is 0. The lowest BCUT2D eigenvalue weighted by Gasteiger charge is -2.36. The van der Waals surface area contributed by atoms with Crippen molar-refractivity contribution in [3.63, 3.8) is 0 Å². The molecule has 0 saturated carbocycles. The van der Waals surface area contributed by atoms with E-state index in [2.05, 4.69) is 37.9 Å². The Kier molecular flexibility index (Phi) is 6.33. The van der Waals surface area contributed by atoms with Gasteiger partial charge in [-0.1, -0.05) is 13.8 Å². The molecule has 0 aromatic rings. The smallest absolute Gasteiger partial charge is 0.0623 e. The fourth-order valence-electron chi connectivity index (χ4n) is 1.49. The first-order valence-corrected chi connectivity index (χ1v) is 5.56. The fraction of sp³-hybridized carbons (Fsp3) is 1.00. The zero-order valence-corrected chi connectivity index (χ0v) is 10.3. The molecule has 0 aliphatic heterocycles. The van der Waals surface area contributed by atoms with Crippen LogP contribution >= 0.6 is 0 Å². The van der Waals surface area contributed by atoms with E-state index in [1.807, 2.05) is 7.05 Å². The fourth-order valence-corrected chi connectivity index (χ4v) is 1.49. The zero-order valence-electron chi connectivity index (χ0n) is 10.3. The molecule has 0 amide bonds. The molecule has 14 heavy (non-hydrogen) atoms. The van der Waals surface area contributed by atoms with Crippen LogP contribution in [0.4, 0.5) is 0 Å². The van der Waals surface area contributed by atoms with Crippen molar-refractivity contribution in [2.45, 2.75) is 45.7 Å². The molecular formula is C11H26N2O. The van der Waals surface area contributed by atoms with Gasteiger partial charge >= 0.3 is 0 Å². The molecule has 0 aliphatic carbocycles. The lowest BCUT2D eigenvalue weighted by molar-refractivity contribution is 0.106. The molecule has 2 atom stereocenters. The number of aliphatic hydroxyl groups is 1. The van der Waals surface area contributed by atoms with Gasteiger partial charge < -0.3 is 10.4 Å². The minimum absolute atomic E-state index is 0.177. The SMILES string of the molecule is CCC(C)N(CC)CC(C)(CO)NC. The Bertz CT molecular complexity index is 146. The maximum Gasteiger partial charge on any atom is 0.0623 e. The average Bonchev–Trinajstić information content (AvgIpc) is 2.24. The van der Waals surface area contributed by atoms with E-state index in [-0.39, 0.29) is 12.1 Å². The molecule has 0 bridgehead atoms. The van der Waals surface area contributed by atoms with E-state index >= 15 is 0 Å². The Morgan fingerprint density at radius 3 is 2.29 bits per heavy atom. The van der Waals surface area contributed by atoms with E-state index in [9.17, 15) is 5.11 Å². The van der Waals surface area contributed by atoms with Crippen LogP contribution in [-0.2, 0) is 0 Å². The molecular weight excluding hydrogens is 176 g/mol. The second kappa shape index (κ2) is 6.38. The van der Waals surface area contributed by atoms with E-state index in [1.165, 1.54) is 0 Å². The normalized spacial score (nSPS) is 18.2. The van der Waals surface area contributed by atoms with Crippen LogP contribution in [0.2, 0.25) is 0 Å².